The molecule has 2 atom stereocenters. The molecule has 0 saturated carbocycles. The molecule has 1 heterocycles. The number of aldehydes is 1. The van der Waals surface area contributed by atoms with Gasteiger partial charge in [0.25, 0.3) is 0 Å². The lowest BCUT2D eigenvalue weighted by Crippen LogP contribution is -2.61. The van der Waals surface area contributed by atoms with Gasteiger partial charge in [0.1, 0.15) is 12.3 Å². The third-order valence-corrected chi connectivity index (χ3v) is 1.50. The number of amides is 1. The molecule has 0 spiro atoms. The summed E-state index contributed by atoms with van der Waals surface area (Å²) < 4.78 is 0. The van der Waals surface area contributed by atoms with E-state index < -0.39 is 6.04 Å². The van der Waals surface area contributed by atoms with E-state index >= 15 is 0 Å². The number of carbonyl (C=O) groups is 2. The van der Waals surface area contributed by atoms with Crippen molar-refractivity contribution in [2.75, 3.05) is 0 Å². The minimum atomic E-state index is -0.690. The number of nitrogens with zero attached hydrogens (tertiary/aromatic N) is 3. The van der Waals surface area contributed by atoms with Gasteiger partial charge in [-0.25, -0.2) is 0 Å². The lowest BCUT2D eigenvalue weighted by molar-refractivity contribution is -0.130. The minimum absolute atomic E-state index is 0.204. The van der Waals surface area contributed by atoms with Crippen molar-refractivity contribution in [3.8, 4) is 0 Å². The van der Waals surface area contributed by atoms with Crippen molar-refractivity contribution in [3.63, 3.8) is 0 Å². The Kier molecular flexibility index (Phi) is 2.08. The van der Waals surface area contributed by atoms with Gasteiger partial charge in [-0.05, 0) is 5.53 Å². The normalized spacial score (nSPS) is 27.8. The fourth-order valence-corrected chi connectivity index (χ4v) is 0.914. The fourth-order valence-electron chi connectivity index (χ4n) is 0.914. The highest BCUT2D eigenvalue weighted by atomic mass is 16.2. The van der Waals surface area contributed by atoms with Crippen LogP contribution >= 0.6 is 0 Å². The molecule has 1 saturated heterocycles. The summed E-state index contributed by atoms with van der Waals surface area (Å²) in [6, 6.07) is -0.985. The Morgan fingerprint density at radius 2 is 2.55 bits per heavy atom. The maximum atomic E-state index is 10.6. The van der Waals surface area contributed by atoms with Gasteiger partial charge in [0, 0.05) is 11.3 Å². The third kappa shape index (κ3) is 1.30. The Morgan fingerprint density at radius 1 is 1.82 bits per heavy atom. The van der Waals surface area contributed by atoms with Crippen LogP contribution in [0.1, 0.15) is 6.42 Å². The van der Waals surface area contributed by atoms with Gasteiger partial charge in [0.05, 0.1) is 6.04 Å². The van der Waals surface area contributed by atoms with Gasteiger partial charge in [0.15, 0.2) is 0 Å². The number of azide groups is 1. The van der Waals surface area contributed by atoms with Crippen molar-refractivity contribution < 1.29 is 9.59 Å². The van der Waals surface area contributed by atoms with Crippen LogP contribution in [0.4, 0.5) is 0 Å². The number of β-lactam (4-membered cyclic amide) rings is 1. The van der Waals surface area contributed by atoms with Crippen molar-refractivity contribution in [2.45, 2.75) is 18.5 Å². The lowest BCUT2D eigenvalue weighted by Gasteiger charge is -2.31. The Balaban J connectivity index is 2.53. The number of carbonyl (C=O) groups excluding carboxylic acids is 2. The summed E-state index contributed by atoms with van der Waals surface area (Å²) >= 11 is 0. The van der Waals surface area contributed by atoms with Gasteiger partial charge in [0.2, 0.25) is 5.91 Å². The van der Waals surface area contributed by atoms with Crippen molar-refractivity contribution in [3.05, 3.63) is 10.4 Å². The largest absolute Gasteiger partial charge is 0.352 e. The summed E-state index contributed by atoms with van der Waals surface area (Å²) in [6.45, 7) is 0. The summed E-state index contributed by atoms with van der Waals surface area (Å²) in [5, 5.41) is 5.66. The molecule has 1 aliphatic rings. The average Bonchev–Trinajstić information content (AvgIpc) is 2.00. The third-order valence-electron chi connectivity index (χ3n) is 1.50. The van der Waals surface area contributed by atoms with Crippen LogP contribution in [-0.4, -0.2) is 24.3 Å². The molecule has 1 fully saturated rings. The summed E-state index contributed by atoms with van der Waals surface area (Å²) in [5.41, 5.74) is 8.00. The zero-order valence-corrected chi connectivity index (χ0v) is 5.60. The SMILES string of the molecule is [N-]=[N+]=N[C@@H]1C(=O)N[C@@H]1CC=O. The van der Waals surface area contributed by atoms with Gasteiger partial charge >= 0.3 is 0 Å². The Labute approximate surface area is 62.2 Å². The predicted octanol–water partition coefficient (Wildman–Crippen LogP) is -0.247. The molecule has 1 aliphatic heterocycles. The maximum Gasteiger partial charge on any atom is 0.231 e. The van der Waals surface area contributed by atoms with Crippen LogP contribution in [-0.2, 0) is 9.59 Å². The van der Waals surface area contributed by atoms with Gasteiger partial charge in [-0.1, -0.05) is 5.11 Å². The van der Waals surface area contributed by atoms with E-state index in [2.05, 4.69) is 15.3 Å². The van der Waals surface area contributed by atoms with Crippen molar-refractivity contribution in [1.82, 2.24) is 5.32 Å². The second-order valence-corrected chi connectivity index (χ2v) is 2.17. The molecule has 0 aliphatic carbocycles. The van der Waals surface area contributed by atoms with E-state index in [9.17, 15) is 9.59 Å². The van der Waals surface area contributed by atoms with E-state index in [1.807, 2.05) is 0 Å². The van der Waals surface area contributed by atoms with E-state index in [0.717, 1.165) is 0 Å². The first-order chi connectivity index (χ1) is 5.29. The Morgan fingerprint density at radius 3 is 3.00 bits per heavy atom. The number of rotatable bonds is 3. The standard InChI is InChI=1S/C5H6N4O2/c6-9-8-4-3(1-2-10)7-5(4)11/h2-4H,1H2,(H,7,11)/t3-,4+/m1/s1. The van der Waals surface area contributed by atoms with E-state index in [4.69, 9.17) is 5.53 Å². The van der Waals surface area contributed by atoms with E-state index in [1.165, 1.54) is 0 Å². The first kappa shape index (κ1) is 7.56. The average molecular weight is 154 g/mol. The molecule has 1 rings (SSSR count). The highest BCUT2D eigenvalue weighted by molar-refractivity contribution is 5.90. The molecule has 0 aromatic rings. The van der Waals surface area contributed by atoms with Gasteiger partial charge in [-0.3, -0.25) is 4.79 Å². The molecule has 1 N–H and O–H groups in total. The molecule has 58 valence electrons. The topological polar surface area (TPSA) is 94.9 Å². The lowest BCUT2D eigenvalue weighted by atomic mass is 9.98. The summed E-state index contributed by atoms with van der Waals surface area (Å²) in [7, 11) is 0. The number of hydrogen-bond acceptors (Lipinski definition) is 3. The molecule has 6 heteroatoms. The minimum Gasteiger partial charge on any atom is -0.352 e. The highest BCUT2D eigenvalue weighted by Gasteiger charge is 2.37. The van der Waals surface area contributed by atoms with Gasteiger partial charge in [-0.2, -0.15) is 0 Å². The van der Waals surface area contributed by atoms with Crippen LogP contribution in [0.5, 0.6) is 0 Å². The Bertz CT molecular complexity index is 229. The zero-order chi connectivity index (χ0) is 8.27. The summed E-state index contributed by atoms with van der Waals surface area (Å²) in [4.78, 5) is 23.1. The molecular formula is C5H6N4O2. The second-order valence-electron chi connectivity index (χ2n) is 2.17. The first-order valence-corrected chi connectivity index (χ1v) is 3.08. The highest BCUT2D eigenvalue weighted by Crippen LogP contribution is 2.12. The molecule has 6 nitrogen and oxygen atoms in total. The molecule has 0 aromatic carbocycles. The van der Waals surface area contributed by atoms with Crippen molar-refractivity contribution in [1.29, 1.82) is 0 Å². The van der Waals surface area contributed by atoms with Crippen LogP contribution in [0.3, 0.4) is 0 Å². The van der Waals surface area contributed by atoms with E-state index in [1.54, 1.807) is 0 Å². The quantitative estimate of drug-likeness (QED) is 0.199. The van der Waals surface area contributed by atoms with Crippen molar-refractivity contribution in [2.24, 2.45) is 5.11 Å². The fraction of sp³-hybridized carbons (Fsp3) is 0.600. The predicted molar refractivity (Wildman–Crippen MR) is 35.5 cm³/mol. The van der Waals surface area contributed by atoms with Crippen LogP contribution < -0.4 is 5.32 Å². The summed E-state index contributed by atoms with van der Waals surface area (Å²) in [5.74, 6) is -0.311. The van der Waals surface area contributed by atoms with Gasteiger partial charge < -0.3 is 10.1 Å². The molecule has 0 bridgehead atoms. The molecule has 0 radical (unpaired) electrons. The second kappa shape index (κ2) is 3.03. The molecular weight excluding hydrogens is 148 g/mol. The first-order valence-electron chi connectivity index (χ1n) is 3.08. The van der Waals surface area contributed by atoms with E-state index in [-0.39, 0.29) is 18.4 Å². The van der Waals surface area contributed by atoms with Gasteiger partial charge in [-0.15, -0.1) is 0 Å². The molecule has 1 amide bonds. The van der Waals surface area contributed by atoms with Crippen LogP contribution in [0.15, 0.2) is 5.11 Å². The molecule has 0 aromatic heterocycles. The zero-order valence-electron chi connectivity index (χ0n) is 5.60. The molecule has 0 unspecified atom stereocenters. The van der Waals surface area contributed by atoms with Crippen LogP contribution in [0.2, 0.25) is 0 Å². The van der Waals surface area contributed by atoms with E-state index in [0.29, 0.717) is 6.29 Å². The van der Waals surface area contributed by atoms with Crippen molar-refractivity contribution >= 4 is 12.2 Å². The Hall–Kier alpha value is -1.55. The number of nitrogens with one attached hydrogen (secondary N) is 1. The monoisotopic (exact) mass is 154 g/mol. The smallest absolute Gasteiger partial charge is 0.231 e. The maximum absolute atomic E-state index is 10.6. The summed E-state index contributed by atoms with van der Waals surface area (Å²) in [6.07, 6.45) is 0.888. The van der Waals surface area contributed by atoms with Crippen LogP contribution in [0, 0.1) is 0 Å². The van der Waals surface area contributed by atoms with Crippen LogP contribution in [0.25, 0.3) is 10.4 Å². The number of hydrogen-bond donors (Lipinski definition) is 1. The molecule has 11 heavy (non-hydrogen) atoms.